The summed E-state index contributed by atoms with van der Waals surface area (Å²) in [5.74, 6) is 4.48. The molecular weight excluding hydrogens is 356 g/mol. The van der Waals surface area contributed by atoms with E-state index in [2.05, 4.69) is 27.4 Å². The van der Waals surface area contributed by atoms with Crippen molar-refractivity contribution in [3.63, 3.8) is 0 Å². The van der Waals surface area contributed by atoms with Crippen molar-refractivity contribution < 1.29 is 9.47 Å². The summed E-state index contributed by atoms with van der Waals surface area (Å²) in [6.07, 6.45) is 15.6. The zero-order chi connectivity index (χ0) is 20.0. The van der Waals surface area contributed by atoms with Gasteiger partial charge >= 0.3 is 0 Å². The lowest BCUT2D eigenvalue weighted by molar-refractivity contribution is -0.237. The summed E-state index contributed by atoms with van der Waals surface area (Å²) >= 11 is 0. The molecular formula is C27H42O2. The van der Waals surface area contributed by atoms with Crippen molar-refractivity contribution in [2.24, 2.45) is 46.3 Å². The largest absolute Gasteiger partial charge is 0.346 e. The molecule has 10 unspecified atom stereocenters. The normalized spacial score (nSPS) is 59.1. The molecule has 0 bridgehead atoms. The van der Waals surface area contributed by atoms with E-state index < -0.39 is 5.79 Å². The first-order valence-electron chi connectivity index (χ1n) is 12.9. The minimum Gasteiger partial charge on any atom is -0.346 e. The summed E-state index contributed by atoms with van der Waals surface area (Å²) in [5, 5.41) is 0. The van der Waals surface area contributed by atoms with Crippen molar-refractivity contribution in [3.05, 3.63) is 12.2 Å². The molecule has 2 heteroatoms. The second-order valence-corrected chi connectivity index (χ2v) is 12.5. The van der Waals surface area contributed by atoms with E-state index in [0.717, 1.165) is 36.7 Å². The highest BCUT2D eigenvalue weighted by Gasteiger charge is 2.67. The average Bonchev–Trinajstić information content (AvgIpc) is 3.15. The number of hydrogen-bond donors (Lipinski definition) is 0. The maximum absolute atomic E-state index is 6.82. The van der Waals surface area contributed by atoms with E-state index in [0.29, 0.717) is 28.8 Å². The van der Waals surface area contributed by atoms with Gasteiger partial charge in [-0.05, 0) is 97.4 Å². The third-order valence-corrected chi connectivity index (χ3v) is 11.4. The number of fused-ring (bicyclic) bond motifs is 7. The molecule has 6 aliphatic rings. The second-order valence-electron chi connectivity index (χ2n) is 12.5. The molecule has 162 valence electrons. The summed E-state index contributed by atoms with van der Waals surface area (Å²) in [5.41, 5.74) is 2.33. The van der Waals surface area contributed by atoms with Crippen LogP contribution >= 0.6 is 0 Å². The van der Waals surface area contributed by atoms with Gasteiger partial charge in [0.25, 0.3) is 0 Å². The first kappa shape index (κ1) is 19.4. The van der Waals surface area contributed by atoms with Gasteiger partial charge in [-0.1, -0.05) is 40.2 Å². The number of ether oxygens (including phenoxy) is 2. The molecule has 0 amide bonds. The SMILES string of the molecule is C=C1C2C(CC3C4CCC5CCCCC5(C)C4CCC32C)OC12CCC(C)CO2. The van der Waals surface area contributed by atoms with Crippen LogP contribution in [0, 0.1) is 46.3 Å². The fourth-order valence-electron chi connectivity index (χ4n) is 9.79. The Kier molecular flexibility index (Phi) is 4.23. The standard InChI is InChI=1S/C27H42O2/c1-17-10-14-27(28-16-17)18(2)24-23(29-27)15-22-20-9-8-19-7-5-6-12-25(19,3)21(20)11-13-26(22,24)4/h17,19-24H,2,5-16H2,1,3-4H3. The van der Waals surface area contributed by atoms with Crippen LogP contribution in [0.3, 0.4) is 0 Å². The molecule has 0 radical (unpaired) electrons. The van der Waals surface area contributed by atoms with E-state index in [9.17, 15) is 0 Å². The zero-order valence-corrected chi connectivity index (χ0v) is 19.1. The van der Waals surface area contributed by atoms with E-state index in [4.69, 9.17) is 9.47 Å². The van der Waals surface area contributed by atoms with Crippen molar-refractivity contribution in [1.29, 1.82) is 0 Å². The third-order valence-electron chi connectivity index (χ3n) is 11.4. The minimum atomic E-state index is -0.445. The highest BCUT2D eigenvalue weighted by Crippen LogP contribution is 2.71. The third kappa shape index (κ3) is 2.48. The van der Waals surface area contributed by atoms with Gasteiger partial charge < -0.3 is 9.47 Å². The number of hydrogen-bond acceptors (Lipinski definition) is 2. The van der Waals surface area contributed by atoms with Crippen LogP contribution in [0.15, 0.2) is 12.2 Å². The number of rotatable bonds is 0. The van der Waals surface area contributed by atoms with E-state index >= 15 is 0 Å². The van der Waals surface area contributed by atoms with E-state index in [1.54, 1.807) is 0 Å². The maximum Gasteiger partial charge on any atom is 0.191 e. The predicted octanol–water partition coefficient (Wildman–Crippen LogP) is 6.74. The van der Waals surface area contributed by atoms with Crippen LogP contribution in [0.25, 0.3) is 0 Å². The quantitative estimate of drug-likeness (QED) is 0.420. The summed E-state index contributed by atoms with van der Waals surface area (Å²) in [6, 6.07) is 0. The van der Waals surface area contributed by atoms with Crippen LogP contribution in [-0.4, -0.2) is 18.5 Å². The fraction of sp³-hybridized carbons (Fsp3) is 0.926. The summed E-state index contributed by atoms with van der Waals surface area (Å²) in [6.45, 7) is 13.1. The molecule has 4 aliphatic carbocycles. The van der Waals surface area contributed by atoms with Crippen LogP contribution in [-0.2, 0) is 9.47 Å². The van der Waals surface area contributed by atoms with E-state index in [-0.39, 0.29) is 0 Å². The Labute approximate surface area is 178 Å². The Balaban J connectivity index is 1.28. The first-order chi connectivity index (χ1) is 13.9. The molecule has 2 aliphatic heterocycles. The van der Waals surface area contributed by atoms with Crippen molar-refractivity contribution in [2.75, 3.05) is 6.61 Å². The molecule has 6 fully saturated rings. The first-order valence-corrected chi connectivity index (χ1v) is 12.9. The topological polar surface area (TPSA) is 18.5 Å². The van der Waals surface area contributed by atoms with Gasteiger partial charge in [0.15, 0.2) is 5.79 Å². The Morgan fingerprint density at radius 1 is 0.897 bits per heavy atom. The van der Waals surface area contributed by atoms with Gasteiger partial charge in [0.1, 0.15) is 0 Å². The summed E-state index contributed by atoms with van der Waals surface area (Å²) < 4.78 is 13.2. The molecule has 0 N–H and O–H groups in total. The molecule has 10 atom stereocenters. The molecule has 2 nitrogen and oxygen atoms in total. The van der Waals surface area contributed by atoms with Crippen molar-refractivity contribution in [1.82, 2.24) is 0 Å². The van der Waals surface area contributed by atoms with Gasteiger partial charge in [-0.2, -0.15) is 0 Å². The average molecular weight is 399 g/mol. The van der Waals surface area contributed by atoms with Crippen molar-refractivity contribution >= 4 is 0 Å². The Hall–Kier alpha value is -0.340. The summed E-state index contributed by atoms with van der Waals surface area (Å²) in [4.78, 5) is 0. The highest BCUT2D eigenvalue weighted by molar-refractivity contribution is 5.28. The van der Waals surface area contributed by atoms with Gasteiger partial charge in [-0.15, -0.1) is 0 Å². The lowest BCUT2D eigenvalue weighted by Crippen LogP contribution is -2.53. The molecule has 2 heterocycles. The highest BCUT2D eigenvalue weighted by atomic mass is 16.7. The minimum absolute atomic E-state index is 0.363. The van der Waals surface area contributed by atoms with Gasteiger partial charge in [0.05, 0.1) is 12.7 Å². The van der Waals surface area contributed by atoms with Crippen LogP contribution < -0.4 is 0 Å². The smallest absolute Gasteiger partial charge is 0.191 e. The van der Waals surface area contributed by atoms with Gasteiger partial charge in [-0.25, -0.2) is 0 Å². The zero-order valence-electron chi connectivity index (χ0n) is 19.1. The molecule has 0 aromatic carbocycles. The molecule has 29 heavy (non-hydrogen) atoms. The molecule has 6 rings (SSSR count). The monoisotopic (exact) mass is 398 g/mol. The molecule has 2 saturated heterocycles. The van der Waals surface area contributed by atoms with Gasteiger partial charge in [0, 0.05) is 12.3 Å². The van der Waals surface area contributed by atoms with Crippen molar-refractivity contribution in [3.8, 4) is 0 Å². The Morgan fingerprint density at radius 2 is 1.76 bits per heavy atom. The van der Waals surface area contributed by atoms with Crippen molar-refractivity contribution in [2.45, 2.75) is 103 Å². The van der Waals surface area contributed by atoms with Gasteiger partial charge in [-0.3, -0.25) is 0 Å². The lowest BCUT2D eigenvalue weighted by Gasteiger charge is -2.60. The molecule has 1 spiro atoms. The maximum atomic E-state index is 6.82. The van der Waals surface area contributed by atoms with Crippen LogP contribution in [0.2, 0.25) is 0 Å². The Bertz CT molecular complexity index is 691. The van der Waals surface area contributed by atoms with E-state index in [1.807, 2.05) is 0 Å². The lowest BCUT2D eigenvalue weighted by atomic mass is 9.44. The van der Waals surface area contributed by atoms with Crippen LogP contribution in [0.5, 0.6) is 0 Å². The van der Waals surface area contributed by atoms with Gasteiger partial charge in [0.2, 0.25) is 0 Å². The van der Waals surface area contributed by atoms with Crippen LogP contribution in [0.1, 0.15) is 91.4 Å². The fourth-order valence-corrected chi connectivity index (χ4v) is 9.79. The Morgan fingerprint density at radius 3 is 2.55 bits per heavy atom. The second kappa shape index (κ2) is 6.35. The molecule has 0 aromatic heterocycles. The van der Waals surface area contributed by atoms with Crippen LogP contribution in [0.4, 0.5) is 0 Å². The molecule has 0 aromatic rings. The van der Waals surface area contributed by atoms with E-state index in [1.165, 1.54) is 69.8 Å². The molecule has 4 saturated carbocycles. The summed E-state index contributed by atoms with van der Waals surface area (Å²) in [7, 11) is 0. The predicted molar refractivity (Wildman–Crippen MR) is 116 cm³/mol.